The van der Waals surface area contributed by atoms with E-state index in [1.165, 1.54) is 0 Å². The van der Waals surface area contributed by atoms with Crippen molar-refractivity contribution >= 4 is 5.91 Å². The molecule has 1 aliphatic heterocycles. The molecule has 1 atom stereocenters. The molecule has 0 bridgehead atoms. The third-order valence-corrected chi connectivity index (χ3v) is 5.66. The largest absolute Gasteiger partial charge is 0.497 e. The molecule has 3 rings (SSSR count). The molecule has 150 valence electrons. The first-order valence-corrected chi connectivity index (χ1v) is 9.89. The molecule has 5 nitrogen and oxygen atoms in total. The maximum absolute atomic E-state index is 13.2. The summed E-state index contributed by atoms with van der Waals surface area (Å²) in [4.78, 5) is 15.5. The van der Waals surface area contributed by atoms with E-state index < -0.39 is 0 Å². The molecule has 0 spiro atoms. The van der Waals surface area contributed by atoms with Crippen LogP contribution in [-0.2, 0) is 17.9 Å². The Balaban J connectivity index is 1.73. The molecular formula is C23H30N2O3. The van der Waals surface area contributed by atoms with Crippen molar-refractivity contribution < 1.29 is 14.6 Å². The zero-order chi connectivity index (χ0) is 19.9. The Kier molecular flexibility index (Phi) is 7.06. The number of rotatable bonds is 7. The highest BCUT2D eigenvalue weighted by Gasteiger charge is 2.32. The van der Waals surface area contributed by atoms with Gasteiger partial charge >= 0.3 is 0 Å². The van der Waals surface area contributed by atoms with Crippen molar-refractivity contribution in [3.05, 3.63) is 65.2 Å². The second-order valence-corrected chi connectivity index (χ2v) is 7.58. The standard InChI is InChI=1S/C23H30N2O3/c1-25-13-11-20(12-14-25)22(19-7-9-21(28-2)10-8-19)23(27)24-15-17-3-5-18(16-26)6-4-17/h3-10,20,22,26H,11-16H2,1-2H3,(H,24,27). The molecular weight excluding hydrogens is 352 g/mol. The number of piperidine rings is 1. The molecule has 1 heterocycles. The topological polar surface area (TPSA) is 61.8 Å². The number of nitrogens with zero attached hydrogens (tertiary/aromatic N) is 1. The number of amides is 1. The van der Waals surface area contributed by atoms with Gasteiger partial charge in [0, 0.05) is 6.54 Å². The lowest BCUT2D eigenvalue weighted by atomic mass is 9.79. The number of methoxy groups -OCH3 is 1. The van der Waals surface area contributed by atoms with Crippen LogP contribution in [0, 0.1) is 5.92 Å². The molecule has 1 aliphatic rings. The van der Waals surface area contributed by atoms with Gasteiger partial charge in [-0.05, 0) is 67.7 Å². The molecule has 1 amide bonds. The average Bonchev–Trinajstić information content (AvgIpc) is 2.74. The minimum absolute atomic E-state index is 0.0301. The quantitative estimate of drug-likeness (QED) is 0.773. The van der Waals surface area contributed by atoms with Crippen molar-refractivity contribution in [2.75, 3.05) is 27.2 Å². The van der Waals surface area contributed by atoms with Gasteiger partial charge in [0.2, 0.25) is 5.91 Å². The second-order valence-electron chi connectivity index (χ2n) is 7.58. The van der Waals surface area contributed by atoms with Crippen LogP contribution in [-0.4, -0.2) is 43.2 Å². The number of ether oxygens (including phenoxy) is 1. The summed E-state index contributed by atoms with van der Waals surface area (Å²) in [6, 6.07) is 15.6. The van der Waals surface area contributed by atoms with Crippen LogP contribution < -0.4 is 10.1 Å². The Hall–Kier alpha value is -2.37. The number of hydrogen-bond acceptors (Lipinski definition) is 4. The summed E-state index contributed by atoms with van der Waals surface area (Å²) in [7, 11) is 3.78. The van der Waals surface area contributed by atoms with Gasteiger partial charge in [0.1, 0.15) is 5.75 Å². The number of nitrogens with one attached hydrogen (secondary N) is 1. The number of aliphatic hydroxyl groups is 1. The van der Waals surface area contributed by atoms with Crippen molar-refractivity contribution in [2.24, 2.45) is 5.92 Å². The van der Waals surface area contributed by atoms with Gasteiger partial charge in [0.05, 0.1) is 19.6 Å². The molecule has 0 aliphatic carbocycles. The van der Waals surface area contributed by atoms with Crippen LogP contribution in [0.4, 0.5) is 0 Å². The van der Waals surface area contributed by atoms with Crippen LogP contribution in [0.2, 0.25) is 0 Å². The van der Waals surface area contributed by atoms with E-state index in [1.54, 1.807) is 7.11 Å². The Morgan fingerprint density at radius 2 is 1.71 bits per heavy atom. The van der Waals surface area contributed by atoms with Crippen molar-refractivity contribution in [3.8, 4) is 5.75 Å². The van der Waals surface area contributed by atoms with Gasteiger partial charge in [-0.1, -0.05) is 36.4 Å². The Morgan fingerprint density at radius 3 is 2.29 bits per heavy atom. The molecule has 28 heavy (non-hydrogen) atoms. The van der Waals surface area contributed by atoms with Gasteiger partial charge in [-0.25, -0.2) is 0 Å². The van der Waals surface area contributed by atoms with Crippen molar-refractivity contribution in [1.29, 1.82) is 0 Å². The minimum Gasteiger partial charge on any atom is -0.497 e. The minimum atomic E-state index is -0.156. The third kappa shape index (κ3) is 5.12. The lowest BCUT2D eigenvalue weighted by Crippen LogP contribution is -2.38. The fourth-order valence-electron chi connectivity index (χ4n) is 3.87. The van der Waals surface area contributed by atoms with E-state index >= 15 is 0 Å². The fourth-order valence-corrected chi connectivity index (χ4v) is 3.87. The second kappa shape index (κ2) is 9.71. The van der Waals surface area contributed by atoms with Crippen LogP contribution in [0.1, 0.15) is 35.4 Å². The predicted octanol–water partition coefficient (Wildman–Crippen LogP) is 2.93. The number of hydrogen-bond donors (Lipinski definition) is 2. The molecule has 1 saturated heterocycles. The number of benzene rings is 2. The first-order valence-electron chi connectivity index (χ1n) is 9.89. The van der Waals surface area contributed by atoms with E-state index in [9.17, 15) is 4.79 Å². The molecule has 1 fully saturated rings. The van der Waals surface area contributed by atoms with Crippen molar-refractivity contribution in [1.82, 2.24) is 10.2 Å². The van der Waals surface area contributed by atoms with Crippen LogP contribution in [0.3, 0.4) is 0 Å². The van der Waals surface area contributed by atoms with E-state index in [4.69, 9.17) is 9.84 Å². The molecule has 2 aromatic rings. The zero-order valence-electron chi connectivity index (χ0n) is 16.7. The highest BCUT2D eigenvalue weighted by Crippen LogP contribution is 2.33. The summed E-state index contributed by atoms with van der Waals surface area (Å²) < 4.78 is 5.27. The first-order chi connectivity index (χ1) is 13.6. The zero-order valence-corrected chi connectivity index (χ0v) is 16.7. The monoisotopic (exact) mass is 382 g/mol. The number of aliphatic hydroxyl groups excluding tert-OH is 1. The number of carbonyl (C=O) groups excluding carboxylic acids is 1. The van der Waals surface area contributed by atoms with Gasteiger partial charge in [-0.3, -0.25) is 4.79 Å². The maximum Gasteiger partial charge on any atom is 0.228 e. The molecule has 1 unspecified atom stereocenters. The molecule has 0 radical (unpaired) electrons. The van der Waals surface area contributed by atoms with Crippen LogP contribution in [0.5, 0.6) is 5.75 Å². The SMILES string of the molecule is COc1ccc(C(C(=O)NCc2ccc(CO)cc2)C2CCN(C)CC2)cc1. The maximum atomic E-state index is 13.2. The average molecular weight is 383 g/mol. The van der Waals surface area contributed by atoms with Crippen molar-refractivity contribution in [2.45, 2.75) is 31.9 Å². The first kappa shape index (κ1) is 20.4. The Morgan fingerprint density at radius 1 is 1.11 bits per heavy atom. The van der Waals surface area contributed by atoms with E-state index in [0.717, 1.165) is 48.4 Å². The number of likely N-dealkylation sites (tertiary alicyclic amines) is 1. The molecule has 0 saturated carbocycles. The lowest BCUT2D eigenvalue weighted by molar-refractivity contribution is -0.124. The van der Waals surface area contributed by atoms with Crippen LogP contribution in [0.15, 0.2) is 48.5 Å². The Labute approximate surface area is 167 Å². The highest BCUT2D eigenvalue weighted by molar-refractivity contribution is 5.84. The summed E-state index contributed by atoms with van der Waals surface area (Å²) >= 11 is 0. The van der Waals surface area contributed by atoms with E-state index in [2.05, 4.69) is 17.3 Å². The normalized spacial score (nSPS) is 16.5. The molecule has 5 heteroatoms. The lowest BCUT2D eigenvalue weighted by Gasteiger charge is -2.34. The van der Waals surface area contributed by atoms with Crippen LogP contribution in [0.25, 0.3) is 0 Å². The van der Waals surface area contributed by atoms with E-state index in [0.29, 0.717) is 12.5 Å². The van der Waals surface area contributed by atoms with Gasteiger partial charge in [0.15, 0.2) is 0 Å². The van der Waals surface area contributed by atoms with E-state index in [-0.39, 0.29) is 18.4 Å². The van der Waals surface area contributed by atoms with Crippen molar-refractivity contribution in [3.63, 3.8) is 0 Å². The summed E-state index contributed by atoms with van der Waals surface area (Å²) in [6.45, 7) is 2.56. The molecule has 2 aromatic carbocycles. The summed E-state index contributed by atoms with van der Waals surface area (Å²) in [5.41, 5.74) is 2.95. The summed E-state index contributed by atoms with van der Waals surface area (Å²) in [5, 5.41) is 12.3. The summed E-state index contributed by atoms with van der Waals surface area (Å²) in [6.07, 6.45) is 2.04. The van der Waals surface area contributed by atoms with Gasteiger partial charge in [0.25, 0.3) is 0 Å². The highest BCUT2D eigenvalue weighted by atomic mass is 16.5. The van der Waals surface area contributed by atoms with Gasteiger partial charge in [-0.15, -0.1) is 0 Å². The van der Waals surface area contributed by atoms with E-state index in [1.807, 2.05) is 48.5 Å². The Bertz CT molecular complexity index is 750. The predicted molar refractivity (Wildman–Crippen MR) is 110 cm³/mol. The van der Waals surface area contributed by atoms with Crippen LogP contribution >= 0.6 is 0 Å². The third-order valence-electron chi connectivity index (χ3n) is 5.66. The van der Waals surface area contributed by atoms with Gasteiger partial charge < -0.3 is 20.1 Å². The number of carbonyl (C=O) groups is 1. The smallest absolute Gasteiger partial charge is 0.228 e. The summed E-state index contributed by atoms with van der Waals surface area (Å²) in [5.74, 6) is 1.05. The van der Waals surface area contributed by atoms with Gasteiger partial charge in [-0.2, -0.15) is 0 Å². The molecule has 2 N–H and O–H groups in total. The fraction of sp³-hybridized carbons (Fsp3) is 0.435. The molecule has 0 aromatic heterocycles.